The lowest BCUT2D eigenvalue weighted by Gasteiger charge is -2.13. The Balaban J connectivity index is 2.10. The van der Waals surface area contributed by atoms with E-state index >= 15 is 0 Å². The molecule has 0 fully saturated rings. The van der Waals surface area contributed by atoms with Crippen molar-refractivity contribution in [2.75, 3.05) is 0 Å². The van der Waals surface area contributed by atoms with Gasteiger partial charge in [-0.3, -0.25) is 9.89 Å². The summed E-state index contributed by atoms with van der Waals surface area (Å²) in [6.07, 6.45) is 0.627. The molecule has 1 atom stereocenters. The van der Waals surface area contributed by atoms with E-state index in [0.717, 1.165) is 12.1 Å². The number of amides is 1. The van der Waals surface area contributed by atoms with E-state index in [4.69, 9.17) is 0 Å². The number of carbonyl (C=O) groups excluding carboxylic acids is 1. The quantitative estimate of drug-likeness (QED) is 0.901. The Hall–Kier alpha value is -2.31. The van der Waals surface area contributed by atoms with E-state index in [1.807, 2.05) is 6.92 Å². The molecule has 0 saturated heterocycles. The van der Waals surface area contributed by atoms with Gasteiger partial charge in [-0.15, -0.1) is 5.10 Å². The Kier molecular flexibility index (Phi) is 4.07. The van der Waals surface area contributed by atoms with Crippen molar-refractivity contribution in [3.05, 3.63) is 47.0 Å². The predicted octanol–water partition coefficient (Wildman–Crippen LogP) is 2.14. The van der Waals surface area contributed by atoms with E-state index in [1.165, 1.54) is 6.07 Å². The molecule has 0 radical (unpaired) electrons. The second-order valence-corrected chi connectivity index (χ2v) is 4.32. The summed E-state index contributed by atoms with van der Waals surface area (Å²) in [5, 5.41) is 8.95. The van der Waals surface area contributed by atoms with Crippen LogP contribution in [0.5, 0.6) is 0 Å². The molecule has 7 heteroatoms. The van der Waals surface area contributed by atoms with Crippen LogP contribution in [0.2, 0.25) is 0 Å². The molecule has 2 rings (SSSR count). The maximum atomic E-state index is 13.6. The molecular weight excluding hydrogens is 266 g/mol. The minimum Gasteiger partial charge on any atom is -0.343 e. The highest BCUT2D eigenvalue weighted by Gasteiger charge is 2.18. The van der Waals surface area contributed by atoms with Crippen molar-refractivity contribution in [3.63, 3.8) is 0 Å². The summed E-state index contributed by atoms with van der Waals surface area (Å²) in [5.74, 6) is -1.29. The predicted molar refractivity (Wildman–Crippen MR) is 68.0 cm³/mol. The molecule has 0 bridgehead atoms. The summed E-state index contributed by atoms with van der Waals surface area (Å²) in [5.41, 5.74) is 0.200. The van der Waals surface area contributed by atoms with Crippen LogP contribution in [0.3, 0.4) is 0 Å². The van der Waals surface area contributed by atoms with Crippen molar-refractivity contribution >= 4 is 5.91 Å². The van der Waals surface area contributed by atoms with Gasteiger partial charge in [0, 0.05) is 18.1 Å². The van der Waals surface area contributed by atoms with Crippen molar-refractivity contribution in [1.82, 2.24) is 20.5 Å². The van der Waals surface area contributed by atoms with Crippen molar-refractivity contribution in [2.45, 2.75) is 26.3 Å². The number of benzene rings is 1. The summed E-state index contributed by atoms with van der Waals surface area (Å²) in [4.78, 5) is 15.9. The molecule has 1 heterocycles. The average Bonchev–Trinajstić information content (AvgIpc) is 2.87. The zero-order valence-electron chi connectivity index (χ0n) is 11.1. The van der Waals surface area contributed by atoms with Crippen LogP contribution < -0.4 is 5.32 Å². The first-order valence-corrected chi connectivity index (χ1v) is 6.18. The van der Waals surface area contributed by atoms with Crippen molar-refractivity contribution < 1.29 is 13.6 Å². The highest BCUT2D eigenvalue weighted by molar-refractivity contribution is 5.90. The number of H-pyrrole nitrogens is 1. The number of aromatic nitrogens is 3. The van der Waals surface area contributed by atoms with Gasteiger partial charge in [-0.1, -0.05) is 13.0 Å². The molecule has 0 aliphatic heterocycles. The molecule has 0 aliphatic carbocycles. The Labute approximate surface area is 114 Å². The fourth-order valence-electron chi connectivity index (χ4n) is 1.75. The van der Waals surface area contributed by atoms with Gasteiger partial charge in [0.05, 0.1) is 6.04 Å². The Morgan fingerprint density at radius 3 is 2.80 bits per heavy atom. The topological polar surface area (TPSA) is 70.7 Å². The van der Waals surface area contributed by atoms with Gasteiger partial charge < -0.3 is 5.32 Å². The van der Waals surface area contributed by atoms with Crippen LogP contribution in [0, 0.1) is 11.6 Å². The molecule has 0 spiro atoms. The third-order valence-corrected chi connectivity index (χ3v) is 2.85. The summed E-state index contributed by atoms with van der Waals surface area (Å²) < 4.78 is 26.4. The fraction of sp³-hybridized carbons (Fsp3) is 0.308. The maximum absolute atomic E-state index is 13.6. The largest absolute Gasteiger partial charge is 0.343 e. The van der Waals surface area contributed by atoms with Crippen molar-refractivity contribution in [1.29, 1.82) is 0 Å². The van der Waals surface area contributed by atoms with Gasteiger partial charge in [-0.05, 0) is 13.0 Å². The van der Waals surface area contributed by atoms with Gasteiger partial charge in [0.1, 0.15) is 17.5 Å². The first-order chi connectivity index (χ1) is 9.51. The van der Waals surface area contributed by atoms with Crippen LogP contribution in [0.15, 0.2) is 18.2 Å². The number of halogens is 2. The molecule has 2 aromatic rings. The number of nitrogens with one attached hydrogen (secondary N) is 2. The minimum absolute atomic E-state index is 0.00350. The van der Waals surface area contributed by atoms with Gasteiger partial charge in [-0.2, -0.15) is 0 Å². The molecule has 0 saturated carbocycles. The van der Waals surface area contributed by atoms with Crippen LogP contribution in [-0.2, 0) is 6.42 Å². The number of aryl methyl sites for hydroxylation is 1. The van der Waals surface area contributed by atoms with Crippen molar-refractivity contribution in [3.8, 4) is 0 Å². The third-order valence-electron chi connectivity index (χ3n) is 2.85. The average molecular weight is 280 g/mol. The van der Waals surface area contributed by atoms with E-state index in [-0.39, 0.29) is 11.4 Å². The molecule has 20 heavy (non-hydrogen) atoms. The number of carbonyl (C=O) groups is 1. The zero-order chi connectivity index (χ0) is 14.7. The number of aromatic amines is 1. The highest BCUT2D eigenvalue weighted by atomic mass is 19.1. The lowest BCUT2D eigenvalue weighted by Crippen LogP contribution is -2.28. The monoisotopic (exact) mass is 280 g/mol. The third kappa shape index (κ3) is 2.98. The number of rotatable bonds is 4. The summed E-state index contributed by atoms with van der Waals surface area (Å²) in [6.45, 7) is 3.47. The molecule has 1 aromatic carbocycles. The molecule has 0 aliphatic rings. The minimum atomic E-state index is -0.706. The number of hydrogen-bond donors (Lipinski definition) is 2. The standard InChI is InChI=1S/C13H14F2N4O/c1-3-11-17-12(19-18-11)13(20)16-7(2)9-5-4-8(14)6-10(9)15/h4-7H,3H2,1-2H3,(H,16,20)(H,17,18,19). The highest BCUT2D eigenvalue weighted by Crippen LogP contribution is 2.17. The van der Waals surface area contributed by atoms with E-state index in [1.54, 1.807) is 6.92 Å². The molecule has 106 valence electrons. The van der Waals surface area contributed by atoms with Gasteiger partial charge in [0.25, 0.3) is 5.91 Å². The lowest BCUT2D eigenvalue weighted by molar-refractivity contribution is 0.0929. The van der Waals surface area contributed by atoms with Gasteiger partial charge in [-0.25, -0.2) is 13.8 Å². The number of nitrogens with zero attached hydrogens (tertiary/aromatic N) is 2. The van der Waals surface area contributed by atoms with Crippen LogP contribution in [0.4, 0.5) is 8.78 Å². The normalized spacial score (nSPS) is 12.2. The number of hydrogen-bond acceptors (Lipinski definition) is 3. The first kappa shape index (κ1) is 14.1. The van der Waals surface area contributed by atoms with Crippen LogP contribution in [0.25, 0.3) is 0 Å². The molecule has 2 N–H and O–H groups in total. The van der Waals surface area contributed by atoms with Gasteiger partial charge in [0.2, 0.25) is 5.82 Å². The Morgan fingerprint density at radius 2 is 2.20 bits per heavy atom. The first-order valence-electron chi connectivity index (χ1n) is 6.18. The fourth-order valence-corrected chi connectivity index (χ4v) is 1.75. The molecular formula is C13H14F2N4O. The molecule has 1 aromatic heterocycles. The van der Waals surface area contributed by atoms with Crippen molar-refractivity contribution in [2.24, 2.45) is 0 Å². The second-order valence-electron chi connectivity index (χ2n) is 4.32. The molecule has 1 unspecified atom stereocenters. The van der Waals surface area contributed by atoms with Crippen LogP contribution in [0.1, 0.15) is 41.9 Å². The Bertz CT molecular complexity index is 627. The second kappa shape index (κ2) is 5.77. The smallest absolute Gasteiger partial charge is 0.291 e. The Morgan fingerprint density at radius 1 is 1.45 bits per heavy atom. The van der Waals surface area contributed by atoms with Gasteiger partial charge >= 0.3 is 0 Å². The van der Waals surface area contributed by atoms with Gasteiger partial charge in [0.15, 0.2) is 0 Å². The van der Waals surface area contributed by atoms with E-state index < -0.39 is 23.6 Å². The van der Waals surface area contributed by atoms with Crippen LogP contribution >= 0.6 is 0 Å². The SMILES string of the molecule is CCc1nc(C(=O)NC(C)c2ccc(F)cc2F)n[nH]1. The lowest BCUT2D eigenvalue weighted by atomic mass is 10.1. The summed E-state index contributed by atoms with van der Waals surface area (Å²) in [7, 11) is 0. The molecule has 1 amide bonds. The molecule has 5 nitrogen and oxygen atoms in total. The maximum Gasteiger partial charge on any atom is 0.291 e. The van der Waals surface area contributed by atoms with E-state index in [2.05, 4.69) is 20.5 Å². The zero-order valence-corrected chi connectivity index (χ0v) is 11.1. The van der Waals surface area contributed by atoms with E-state index in [0.29, 0.717) is 12.2 Å². The van der Waals surface area contributed by atoms with E-state index in [9.17, 15) is 13.6 Å². The van der Waals surface area contributed by atoms with Crippen LogP contribution in [-0.4, -0.2) is 21.1 Å². The summed E-state index contributed by atoms with van der Waals surface area (Å²) >= 11 is 0. The summed E-state index contributed by atoms with van der Waals surface area (Å²) in [6, 6.07) is 2.60.